The van der Waals surface area contributed by atoms with E-state index in [1.54, 1.807) is 12.1 Å². The van der Waals surface area contributed by atoms with Crippen LogP contribution in [-0.2, 0) is 0 Å². The highest BCUT2D eigenvalue weighted by molar-refractivity contribution is 6.34. The van der Waals surface area contributed by atoms with Crippen molar-refractivity contribution < 1.29 is 4.79 Å². The molecule has 1 rings (SSSR count). The van der Waals surface area contributed by atoms with Crippen LogP contribution in [0.15, 0.2) is 18.2 Å². The summed E-state index contributed by atoms with van der Waals surface area (Å²) in [4.78, 5) is 11.4. The van der Waals surface area contributed by atoms with Crippen LogP contribution in [0.3, 0.4) is 0 Å². The van der Waals surface area contributed by atoms with Crippen molar-refractivity contribution in [1.82, 2.24) is 0 Å². The maximum absolute atomic E-state index is 11.4. The first kappa shape index (κ1) is 10.6. The molecule has 0 atom stereocenters. The second kappa shape index (κ2) is 4.64. The standard InChI is InChI=1S/C10H10Cl2O/c1-7-2-3-9(12)8(6-7)10(13)4-5-11/h2-3,6H,4-5H2,1H3. The summed E-state index contributed by atoms with van der Waals surface area (Å²) < 4.78 is 0. The van der Waals surface area contributed by atoms with Crippen LogP contribution in [0.1, 0.15) is 22.3 Å². The summed E-state index contributed by atoms with van der Waals surface area (Å²) in [6, 6.07) is 5.40. The average Bonchev–Trinajstić information content (AvgIpc) is 2.09. The number of rotatable bonds is 3. The fraction of sp³-hybridized carbons (Fsp3) is 0.300. The number of hydrogen-bond acceptors (Lipinski definition) is 1. The number of halogens is 2. The highest BCUT2D eigenvalue weighted by Gasteiger charge is 2.09. The quantitative estimate of drug-likeness (QED) is 0.559. The summed E-state index contributed by atoms with van der Waals surface area (Å²) in [5.74, 6) is 0.340. The molecule has 0 spiro atoms. The molecule has 0 heterocycles. The summed E-state index contributed by atoms with van der Waals surface area (Å²) >= 11 is 11.3. The fourth-order valence-electron chi connectivity index (χ4n) is 1.07. The van der Waals surface area contributed by atoms with Crippen LogP contribution in [0.25, 0.3) is 0 Å². The fourth-order valence-corrected chi connectivity index (χ4v) is 1.47. The minimum atomic E-state index is 0.00343. The predicted molar refractivity (Wildman–Crippen MR) is 55.9 cm³/mol. The largest absolute Gasteiger partial charge is 0.294 e. The molecule has 0 bridgehead atoms. The lowest BCUT2D eigenvalue weighted by Gasteiger charge is -2.02. The van der Waals surface area contributed by atoms with E-state index in [1.165, 1.54) is 0 Å². The van der Waals surface area contributed by atoms with Crippen LogP contribution in [0.2, 0.25) is 5.02 Å². The van der Waals surface area contributed by atoms with Crippen molar-refractivity contribution in [1.29, 1.82) is 0 Å². The molecule has 13 heavy (non-hydrogen) atoms. The summed E-state index contributed by atoms with van der Waals surface area (Å²) in [6.07, 6.45) is 0.338. The highest BCUT2D eigenvalue weighted by Crippen LogP contribution is 2.18. The monoisotopic (exact) mass is 216 g/mol. The molecule has 1 nitrogen and oxygen atoms in total. The lowest BCUT2D eigenvalue weighted by Crippen LogP contribution is -2.00. The van der Waals surface area contributed by atoms with E-state index in [-0.39, 0.29) is 5.78 Å². The third kappa shape index (κ3) is 2.71. The Morgan fingerprint density at radius 3 is 2.77 bits per heavy atom. The number of aryl methyl sites for hydroxylation is 1. The third-order valence-electron chi connectivity index (χ3n) is 1.74. The maximum atomic E-state index is 11.4. The van der Waals surface area contributed by atoms with E-state index in [1.807, 2.05) is 13.0 Å². The van der Waals surface area contributed by atoms with Crippen LogP contribution in [0.5, 0.6) is 0 Å². The lowest BCUT2D eigenvalue weighted by atomic mass is 10.1. The van der Waals surface area contributed by atoms with Crippen LogP contribution < -0.4 is 0 Å². The second-order valence-corrected chi connectivity index (χ2v) is 3.63. The molecule has 1 aromatic carbocycles. The normalized spacial score (nSPS) is 10.1. The smallest absolute Gasteiger partial charge is 0.165 e. The highest BCUT2D eigenvalue weighted by atomic mass is 35.5. The zero-order valence-corrected chi connectivity index (χ0v) is 8.82. The van der Waals surface area contributed by atoms with Gasteiger partial charge in [-0.25, -0.2) is 0 Å². The summed E-state index contributed by atoms with van der Waals surface area (Å²) in [5.41, 5.74) is 1.60. The lowest BCUT2D eigenvalue weighted by molar-refractivity contribution is 0.0989. The summed E-state index contributed by atoms with van der Waals surface area (Å²) in [5, 5.41) is 0.501. The van der Waals surface area contributed by atoms with Gasteiger partial charge in [0.15, 0.2) is 5.78 Å². The number of alkyl halides is 1. The van der Waals surface area contributed by atoms with E-state index in [2.05, 4.69) is 0 Å². The van der Waals surface area contributed by atoms with E-state index >= 15 is 0 Å². The zero-order valence-electron chi connectivity index (χ0n) is 7.31. The van der Waals surface area contributed by atoms with Crippen LogP contribution in [-0.4, -0.2) is 11.7 Å². The molecule has 1 aromatic rings. The molecule has 3 heteroatoms. The van der Waals surface area contributed by atoms with Gasteiger partial charge in [0.2, 0.25) is 0 Å². The van der Waals surface area contributed by atoms with Gasteiger partial charge in [-0.1, -0.05) is 23.2 Å². The molecular weight excluding hydrogens is 207 g/mol. The SMILES string of the molecule is Cc1ccc(Cl)c(C(=O)CCCl)c1. The van der Waals surface area contributed by atoms with Gasteiger partial charge in [0.1, 0.15) is 0 Å². The number of Topliss-reactive ketones (excluding diaryl/α,β-unsaturated/α-hetero) is 1. The van der Waals surface area contributed by atoms with Gasteiger partial charge in [0.25, 0.3) is 0 Å². The molecule has 0 aliphatic carbocycles. The van der Waals surface area contributed by atoms with E-state index in [9.17, 15) is 4.79 Å². The van der Waals surface area contributed by atoms with Gasteiger partial charge in [-0.3, -0.25) is 4.79 Å². The number of ketones is 1. The zero-order chi connectivity index (χ0) is 9.84. The Morgan fingerprint density at radius 1 is 1.46 bits per heavy atom. The van der Waals surface area contributed by atoms with Crippen LogP contribution in [0, 0.1) is 6.92 Å². The Labute approximate surface area is 87.7 Å². The van der Waals surface area contributed by atoms with Crippen molar-refractivity contribution in [3.8, 4) is 0 Å². The minimum Gasteiger partial charge on any atom is -0.294 e. The number of carbonyl (C=O) groups is 1. The van der Waals surface area contributed by atoms with Crippen molar-refractivity contribution >= 4 is 29.0 Å². The van der Waals surface area contributed by atoms with Gasteiger partial charge in [-0.05, 0) is 19.1 Å². The van der Waals surface area contributed by atoms with Crippen molar-refractivity contribution in [3.05, 3.63) is 34.3 Å². The van der Waals surface area contributed by atoms with E-state index in [4.69, 9.17) is 23.2 Å². The van der Waals surface area contributed by atoms with Gasteiger partial charge in [0.05, 0.1) is 5.02 Å². The molecule has 0 unspecified atom stereocenters. The molecule has 70 valence electrons. The molecule has 0 fully saturated rings. The molecule has 0 aliphatic rings. The number of benzene rings is 1. The average molecular weight is 217 g/mol. The third-order valence-corrected chi connectivity index (χ3v) is 2.26. The van der Waals surface area contributed by atoms with Gasteiger partial charge in [-0.15, -0.1) is 11.6 Å². The van der Waals surface area contributed by atoms with Crippen LogP contribution >= 0.6 is 23.2 Å². The van der Waals surface area contributed by atoms with Gasteiger partial charge in [-0.2, -0.15) is 0 Å². The topological polar surface area (TPSA) is 17.1 Å². The molecule has 0 radical (unpaired) electrons. The molecule has 0 saturated heterocycles. The second-order valence-electron chi connectivity index (χ2n) is 2.85. The van der Waals surface area contributed by atoms with Crippen molar-refractivity contribution in [2.75, 3.05) is 5.88 Å². The summed E-state index contributed by atoms with van der Waals surface area (Å²) in [6.45, 7) is 1.92. The molecule has 0 amide bonds. The van der Waals surface area contributed by atoms with Crippen molar-refractivity contribution in [3.63, 3.8) is 0 Å². The van der Waals surface area contributed by atoms with E-state index < -0.39 is 0 Å². The molecule has 0 aliphatic heterocycles. The Hall–Kier alpha value is -0.530. The van der Waals surface area contributed by atoms with Crippen LogP contribution in [0.4, 0.5) is 0 Å². The Morgan fingerprint density at radius 2 is 2.15 bits per heavy atom. The number of hydrogen-bond donors (Lipinski definition) is 0. The molecular formula is C10H10Cl2O. The maximum Gasteiger partial charge on any atom is 0.165 e. The first-order valence-corrected chi connectivity index (χ1v) is 4.91. The van der Waals surface area contributed by atoms with Crippen molar-refractivity contribution in [2.24, 2.45) is 0 Å². The van der Waals surface area contributed by atoms with Gasteiger partial charge >= 0.3 is 0 Å². The molecule has 0 saturated carbocycles. The van der Waals surface area contributed by atoms with Gasteiger partial charge in [0, 0.05) is 17.9 Å². The Kier molecular flexibility index (Phi) is 3.76. The minimum absolute atomic E-state index is 0.00343. The first-order valence-electron chi connectivity index (χ1n) is 4.00. The van der Waals surface area contributed by atoms with E-state index in [0.29, 0.717) is 22.9 Å². The van der Waals surface area contributed by atoms with E-state index in [0.717, 1.165) is 5.56 Å². The Balaban J connectivity index is 2.99. The first-order chi connectivity index (χ1) is 6.15. The predicted octanol–water partition coefficient (Wildman–Crippen LogP) is 3.46. The Bertz CT molecular complexity index is 321. The van der Waals surface area contributed by atoms with Crippen molar-refractivity contribution in [2.45, 2.75) is 13.3 Å². The number of carbonyl (C=O) groups excluding carboxylic acids is 1. The van der Waals surface area contributed by atoms with Gasteiger partial charge < -0.3 is 0 Å². The molecule has 0 aromatic heterocycles. The summed E-state index contributed by atoms with van der Waals surface area (Å²) in [7, 11) is 0. The molecule has 0 N–H and O–H groups in total.